The van der Waals surface area contributed by atoms with E-state index in [0.717, 1.165) is 0 Å². The highest BCUT2D eigenvalue weighted by molar-refractivity contribution is 4.60. The van der Waals surface area contributed by atoms with Crippen LogP contribution in [0.25, 0.3) is 0 Å². The van der Waals surface area contributed by atoms with Crippen molar-refractivity contribution in [1.29, 1.82) is 0 Å². The molecule has 0 spiro atoms. The van der Waals surface area contributed by atoms with Gasteiger partial charge in [0.05, 0.1) is 0 Å². The van der Waals surface area contributed by atoms with Crippen LogP contribution >= 0.6 is 0 Å². The SMILES string of the molecule is CCCCCCCCCCCCCCC(N)CCC. The molecule has 0 amide bonds. The molecule has 0 aromatic heterocycles. The molecule has 0 radical (unpaired) electrons. The summed E-state index contributed by atoms with van der Waals surface area (Å²) in [6.07, 6.45) is 20.8. The lowest BCUT2D eigenvalue weighted by Gasteiger charge is -2.09. The molecule has 1 unspecified atom stereocenters. The van der Waals surface area contributed by atoms with Crippen LogP contribution in [-0.4, -0.2) is 6.04 Å². The summed E-state index contributed by atoms with van der Waals surface area (Å²) in [5, 5.41) is 0. The van der Waals surface area contributed by atoms with Gasteiger partial charge in [-0.3, -0.25) is 0 Å². The number of nitrogens with two attached hydrogens (primary N) is 1. The van der Waals surface area contributed by atoms with Gasteiger partial charge in [-0.25, -0.2) is 0 Å². The maximum atomic E-state index is 6.01. The number of hydrogen-bond donors (Lipinski definition) is 1. The molecule has 0 aromatic carbocycles. The molecule has 0 rings (SSSR count). The van der Waals surface area contributed by atoms with Crippen LogP contribution in [-0.2, 0) is 0 Å². The summed E-state index contributed by atoms with van der Waals surface area (Å²) >= 11 is 0. The number of rotatable bonds is 15. The lowest BCUT2D eigenvalue weighted by atomic mass is 10.0. The molecule has 19 heavy (non-hydrogen) atoms. The molecule has 1 atom stereocenters. The third-order valence-corrected chi connectivity index (χ3v) is 4.09. The van der Waals surface area contributed by atoms with Crippen LogP contribution in [0.2, 0.25) is 0 Å². The Morgan fingerprint density at radius 1 is 0.526 bits per heavy atom. The van der Waals surface area contributed by atoms with E-state index in [4.69, 9.17) is 5.73 Å². The molecule has 0 aliphatic carbocycles. The van der Waals surface area contributed by atoms with Crippen LogP contribution in [0.15, 0.2) is 0 Å². The van der Waals surface area contributed by atoms with Crippen molar-refractivity contribution in [3.05, 3.63) is 0 Å². The van der Waals surface area contributed by atoms with Crippen molar-refractivity contribution >= 4 is 0 Å². The standard InChI is InChI=1S/C18H39N/c1-3-5-6-7-8-9-10-11-12-13-14-15-17-18(19)16-4-2/h18H,3-17,19H2,1-2H3. The molecular weight excluding hydrogens is 230 g/mol. The summed E-state index contributed by atoms with van der Waals surface area (Å²) < 4.78 is 0. The highest BCUT2D eigenvalue weighted by atomic mass is 14.6. The van der Waals surface area contributed by atoms with Gasteiger partial charge in [-0.05, 0) is 12.8 Å². The molecule has 0 fully saturated rings. The minimum atomic E-state index is 0.466. The smallest absolute Gasteiger partial charge is 0.00387 e. The van der Waals surface area contributed by atoms with Gasteiger partial charge in [-0.15, -0.1) is 0 Å². The fraction of sp³-hybridized carbons (Fsp3) is 1.00. The summed E-state index contributed by atoms with van der Waals surface area (Å²) in [6, 6.07) is 0.466. The molecule has 0 heterocycles. The van der Waals surface area contributed by atoms with Gasteiger partial charge in [0.25, 0.3) is 0 Å². The third-order valence-electron chi connectivity index (χ3n) is 4.09. The summed E-state index contributed by atoms with van der Waals surface area (Å²) in [5.74, 6) is 0. The monoisotopic (exact) mass is 269 g/mol. The van der Waals surface area contributed by atoms with Crippen LogP contribution in [0.5, 0.6) is 0 Å². The van der Waals surface area contributed by atoms with Crippen LogP contribution in [0.3, 0.4) is 0 Å². The highest BCUT2D eigenvalue weighted by Gasteiger charge is 2.00. The fourth-order valence-electron chi connectivity index (χ4n) is 2.76. The summed E-state index contributed by atoms with van der Waals surface area (Å²) in [4.78, 5) is 0. The van der Waals surface area contributed by atoms with E-state index in [0.29, 0.717) is 6.04 Å². The fourth-order valence-corrected chi connectivity index (χ4v) is 2.76. The van der Waals surface area contributed by atoms with Crippen molar-refractivity contribution in [2.24, 2.45) is 5.73 Å². The normalized spacial score (nSPS) is 12.8. The Bertz CT molecular complexity index is 156. The number of unbranched alkanes of at least 4 members (excludes halogenated alkanes) is 11. The summed E-state index contributed by atoms with van der Waals surface area (Å²) in [7, 11) is 0. The highest BCUT2D eigenvalue weighted by Crippen LogP contribution is 2.13. The van der Waals surface area contributed by atoms with Gasteiger partial charge in [0.2, 0.25) is 0 Å². The average molecular weight is 270 g/mol. The summed E-state index contributed by atoms with van der Waals surface area (Å²) in [5.41, 5.74) is 6.01. The average Bonchev–Trinajstić information content (AvgIpc) is 2.40. The zero-order valence-corrected chi connectivity index (χ0v) is 13.8. The Kier molecular flexibility index (Phi) is 16.0. The second kappa shape index (κ2) is 16.0. The maximum Gasteiger partial charge on any atom is 0.00387 e. The van der Waals surface area contributed by atoms with Gasteiger partial charge in [-0.2, -0.15) is 0 Å². The van der Waals surface area contributed by atoms with E-state index < -0.39 is 0 Å². The van der Waals surface area contributed by atoms with Crippen LogP contribution in [0, 0.1) is 0 Å². The Morgan fingerprint density at radius 3 is 1.37 bits per heavy atom. The van der Waals surface area contributed by atoms with Crippen LogP contribution in [0.4, 0.5) is 0 Å². The lowest BCUT2D eigenvalue weighted by molar-refractivity contribution is 0.500. The van der Waals surface area contributed by atoms with Crippen molar-refractivity contribution in [2.45, 2.75) is 116 Å². The third kappa shape index (κ3) is 15.9. The largest absolute Gasteiger partial charge is 0.328 e. The topological polar surface area (TPSA) is 26.0 Å². The van der Waals surface area contributed by atoms with Crippen LogP contribution in [0.1, 0.15) is 110 Å². The molecule has 1 heteroatoms. The molecule has 0 aliphatic rings. The zero-order chi connectivity index (χ0) is 14.2. The Balaban J connectivity index is 2.99. The first kappa shape index (κ1) is 19.0. The molecule has 0 aliphatic heterocycles. The van der Waals surface area contributed by atoms with Gasteiger partial charge in [0.15, 0.2) is 0 Å². The molecule has 0 aromatic rings. The lowest BCUT2D eigenvalue weighted by Crippen LogP contribution is -2.18. The quantitative estimate of drug-likeness (QED) is 0.352. The summed E-state index contributed by atoms with van der Waals surface area (Å²) in [6.45, 7) is 4.51. The first-order valence-electron chi connectivity index (χ1n) is 9.06. The molecular formula is C18H39N. The Morgan fingerprint density at radius 2 is 0.947 bits per heavy atom. The second-order valence-electron chi connectivity index (χ2n) is 6.23. The van der Waals surface area contributed by atoms with Crippen molar-refractivity contribution in [3.8, 4) is 0 Å². The van der Waals surface area contributed by atoms with E-state index in [2.05, 4.69) is 13.8 Å². The van der Waals surface area contributed by atoms with E-state index in [1.807, 2.05) is 0 Å². The van der Waals surface area contributed by atoms with Crippen molar-refractivity contribution in [3.63, 3.8) is 0 Å². The minimum Gasteiger partial charge on any atom is -0.328 e. The van der Waals surface area contributed by atoms with E-state index in [9.17, 15) is 0 Å². The first-order chi connectivity index (χ1) is 9.31. The van der Waals surface area contributed by atoms with Crippen molar-refractivity contribution < 1.29 is 0 Å². The molecule has 0 bridgehead atoms. The molecule has 1 nitrogen and oxygen atoms in total. The number of hydrogen-bond acceptors (Lipinski definition) is 1. The predicted molar refractivity (Wildman–Crippen MR) is 88.6 cm³/mol. The Hall–Kier alpha value is -0.0400. The first-order valence-corrected chi connectivity index (χ1v) is 9.06. The molecule has 2 N–H and O–H groups in total. The van der Waals surface area contributed by atoms with E-state index in [-0.39, 0.29) is 0 Å². The van der Waals surface area contributed by atoms with E-state index >= 15 is 0 Å². The van der Waals surface area contributed by atoms with Gasteiger partial charge in [0.1, 0.15) is 0 Å². The molecule has 116 valence electrons. The minimum absolute atomic E-state index is 0.466. The van der Waals surface area contributed by atoms with Crippen molar-refractivity contribution in [2.75, 3.05) is 0 Å². The zero-order valence-electron chi connectivity index (χ0n) is 13.8. The van der Waals surface area contributed by atoms with Gasteiger partial charge >= 0.3 is 0 Å². The second-order valence-corrected chi connectivity index (χ2v) is 6.23. The Labute approximate surface area is 122 Å². The predicted octanol–water partition coefficient (Wildman–Crippen LogP) is 6.21. The van der Waals surface area contributed by atoms with Gasteiger partial charge < -0.3 is 5.73 Å². The van der Waals surface area contributed by atoms with Crippen molar-refractivity contribution in [1.82, 2.24) is 0 Å². The van der Waals surface area contributed by atoms with E-state index in [1.54, 1.807) is 0 Å². The molecule has 0 saturated heterocycles. The maximum absolute atomic E-state index is 6.01. The van der Waals surface area contributed by atoms with Gasteiger partial charge in [0, 0.05) is 6.04 Å². The van der Waals surface area contributed by atoms with E-state index in [1.165, 1.54) is 96.3 Å². The van der Waals surface area contributed by atoms with Gasteiger partial charge in [-0.1, -0.05) is 97.3 Å². The van der Waals surface area contributed by atoms with Crippen LogP contribution < -0.4 is 5.73 Å². The molecule has 0 saturated carbocycles.